The van der Waals surface area contributed by atoms with E-state index < -0.39 is 17.7 Å². The number of aromatic nitrogens is 2. The van der Waals surface area contributed by atoms with E-state index in [2.05, 4.69) is 4.98 Å². The Balaban J connectivity index is 1.60. The van der Waals surface area contributed by atoms with E-state index in [0.29, 0.717) is 40.8 Å². The highest BCUT2D eigenvalue weighted by Gasteiger charge is 2.41. The van der Waals surface area contributed by atoms with Crippen molar-refractivity contribution in [3.63, 3.8) is 0 Å². The lowest BCUT2D eigenvalue weighted by Crippen LogP contribution is -2.58. The molecular weight excluding hydrogens is 507 g/mol. The molecule has 2 aliphatic rings. The van der Waals surface area contributed by atoms with Crippen molar-refractivity contribution in [1.82, 2.24) is 19.4 Å². The van der Waals surface area contributed by atoms with Crippen LogP contribution in [0.3, 0.4) is 0 Å². The van der Waals surface area contributed by atoms with Gasteiger partial charge < -0.3 is 28.9 Å². The monoisotopic (exact) mass is 532 g/mol. The third kappa shape index (κ3) is 4.00. The number of ether oxygens (including phenoxy) is 2. The van der Waals surface area contributed by atoms with Crippen molar-refractivity contribution in [2.75, 3.05) is 26.2 Å². The predicted octanol–water partition coefficient (Wildman–Crippen LogP) is 4.71. The van der Waals surface area contributed by atoms with Gasteiger partial charge in [0.05, 0.1) is 33.4 Å². The highest BCUT2D eigenvalue weighted by Crippen LogP contribution is 2.49. The van der Waals surface area contributed by atoms with Gasteiger partial charge in [-0.15, -0.1) is 0 Å². The molecule has 36 heavy (non-hydrogen) atoms. The maximum absolute atomic E-state index is 13.9. The SMILES string of the molecule is Cn1cnc2c(-c3c(O)cccc3Cl)c(Cl)c3c(c21)C(=O)N1CCN(C(=O)OC(C)(C)C)C[C@@H]1CO3. The second kappa shape index (κ2) is 8.74. The van der Waals surface area contributed by atoms with Gasteiger partial charge in [0.1, 0.15) is 23.5 Å². The minimum Gasteiger partial charge on any atom is -0.507 e. The van der Waals surface area contributed by atoms with Crippen LogP contribution in [-0.4, -0.2) is 74.3 Å². The fraction of sp³-hybridized carbons (Fsp3) is 0.400. The molecule has 1 saturated heterocycles. The standard InChI is InChI=1S/C25H26Cl2N4O5/c1-25(2,3)36-24(34)30-8-9-31-13(10-30)11-35-22-18(23(31)33)21-20(28-12-29(21)4)17(19(22)27)16-14(26)6-5-7-15(16)32/h5-7,12-13,32H,8-11H2,1-4H3/t13-/m1/s1. The maximum Gasteiger partial charge on any atom is 0.410 e. The second-order valence-electron chi connectivity index (χ2n) is 9.97. The molecule has 3 aromatic rings. The molecule has 190 valence electrons. The maximum atomic E-state index is 13.9. The van der Waals surface area contributed by atoms with Gasteiger partial charge in [0.25, 0.3) is 5.91 Å². The number of piperazine rings is 1. The van der Waals surface area contributed by atoms with E-state index in [-0.39, 0.29) is 40.6 Å². The molecule has 1 N–H and O–H groups in total. The first kappa shape index (κ1) is 24.5. The largest absolute Gasteiger partial charge is 0.507 e. The minimum atomic E-state index is -0.625. The highest BCUT2D eigenvalue weighted by molar-refractivity contribution is 6.40. The zero-order valence-corrected chi connectivity index (χ0v) is 21.9. The number of hydrogen-bond donors (Lipinski definition) is 1. The molecule has 0 aliphatic carbocycles. The third-order valence-electron chi connectivity index (χ3n) is 6.33. The van der Waals surface area contributed by atoms with Crippen molar-refractivity contribution < 1.29 is 24.2 Å². The average Bonchev–Trinajstić information content (AvgIpc) is 3.10. The summed E-state index contributed by atoms with van der Waals surface area (Å²) in [5.74, 6) is -0.131. The number of nitrogens with zero attached hydrogens (tertiary/aromatic N) is 4. The van der Waals surface area contributed by atoms with Gasteiger partial charge in [-0.2, -0.15) is 0 Å². The van der Waals surface area contributed by atoms with E-state index in [0.717, 1.165) is 0 Å². The number of aryl methyl sites for hydroxylation is 1. The van der Waals surface area contributed by atoms with E-state index in [1.54, 1.807) is 39.9 Å². The first-order valence-electron chi connectivity index (χ1n) is 11.5. The number of fused-ring (bicyclic) bond motifs is 4. The smallest absolute Gasteiger partial charge is 0.410 e. The molecule has 11 heteroatoms. The van der Waals surface area contributed by atoms with Gasteiger partial charge in [0.15, 0.2) is 5.75 Å². The van der Waals surface area contributed by atoms with Crippen LogP contribution in [0.2, 0.25) is 10.0 Å². The number of rotatable bonds is 1. The molecular formula is C25H26Cl2N4O5. The van der Waals surface area contributed by atoms with Gasteiger partial charge in [-0.1, -0.05) is 29.3 Å². The quantitative estimate of drug-likeness (QED) is 0.487. The summed E-state index contributed by atoms with van der Waals surface area (Å²) in [6.45, 7) is 6.46. The molecule has 0 bridgehead atoms. The summed E-state index contributed by atoms with van der Waals surface area (Å²) in [6.07, 6.45) is 1.15. The number of amides is 2. The molecule has 1 aromatic heterocycles. The lowest BCUT2D eigenvalue weighted by molar-refractivity contribution is 0.000967. The van der Waals surface area contributed by atoms with Crippen LogP contribution in [0.5, 0.6) is 11.5 Å². The third-order valence-corrected chi connectivity index (χ3v) is 7.00. The van der Waals surface area contributed by atoms with Crippen LogP contribution < -0.4 is 4.74 Å². The summed E-state index contributed by atoms with van der Waals surface area (Å²) in [5.41, 5.74) is 1.30. The van der Waals surface area contributed by atoms with Crippen LogP contribution in [0.15, 0.2) is 24.5 Å². The number of imidazole rings is 1. The molecule has 2 amide bonds. The Morgan fingerprint density at radius 1 is 1.19 bits per heavy atom. The van der Waals surface area contributed by atoms with Crippen molar-refractivity contribution in [3.05, 3.63) is 40.1 Å². The Morgan fingerprint density at radius 3 is 2.64 bits per heavy atom. The molecule has 0 radical (unpaired) electrons. The topological polar surface area (TPSA) is 97.1 Å². The van der Waals surface area contributed by atoms with E-state index in [9.17, 15) is 14.7 Å². The Kier molecular flexibility index (Phi) is 5.95. The van der Waals surface area contributed by atoms with Gasteiger partial charge in [0.2, 0.25) is 0 Å². The van der Waals surface area contributed by atoms with Crippen molar-refractivity contribution in [2.24, 2.45) is 7.05 Å². The van der Waals surface area contributed by atoms with Crippen molar-refractivity contribution in [3.8, 4) is 22.6 Å². The fourth-order valence-electron chi connectivity index (χ4n) is 4.75. The zero-order chi connectivity index (χ0) is 25.9. The number of benzene rings is 2. The first-order valence-corrected chi connectivity index (χ1v) is 12.3. The zero-order valence-electron chi connectivity index (χ0n) is 20.3. The molecule has 0 spiro atoms. The Labute approximate surface area is 218 Å². The number of hydrogen-bond acceptors (Lipinski definition) is 6. The van der Waals surface area contributed by atoms with Crippen LogP contribution in [0.1, 0.15) is 31.1 Å². The predicted molar refractivity (Wildman–Crippen MR) is 136 cm³/mol. The van der Waals surface area contributed by atoms with Crippen molar-refractivity contribution in [2.45, 2.75) is 32.4 Å². The molecule has 9 nitrogen and oxygen atoms in total. The summed E-state index contributed by atoms with van der Waals surface area (Å²) < 4.78 is 13.4. The summed E-state index contributed by atoms with van der Waals surface area (Å²) in [4.78, 5) is 34.4. The normalized spacial score (nSPS) is 17.9. The lowest BCUT2D eigenvalue weighted by atomic mass is 9.98. The van der Waals surface area contributed by atoms with Crippen LogP contribution in [0, 0.1) is 0 Å². The molecule has 3 heterocycles. The number of aromatic hydroxyl groups is 1. The van der Waals surface area contributed by atoms with Crippen LogP contribution >= 0.6 is 23.2 Å². The van der Waals surface area contributed by atoms with Crippen LogP contribution in [-0.2, 0) is 11.8 Å². The summed E-state index contributed by atoms with van der Waals surface area (Å²) in [7, 11) is 1.77. The lowest BCUT2D eigenvalue weighted by Gasteiger charge is -2.40. The van der Waals surface area contributed by atoms with E-state index in [4.69, 9.17) is 32.7 Å². The molecule has 0 saturated carbocycles. The van der Waals surface area contributed by atoms with Gasteiger partial charge in [-0.05, 0) is 32.9 Å². The van der Waals surface area contributed by atoms with E-state index in [1.807, 2.05) is 20.8 Å². The first-order chi connectivity index (χ1) is 17.0. The molecule has 2 aromatic carbocycles. The summed E-state index contributed by atoms with van der Waals surface area (Å²) in [6, 6.07) is 4.38. The Morgan fingerprint density at radius 2 is 1.94 bits per heavy atom. The summed E-state index contributed by atoms with van der Waals surface area (Å²) in [5, 5.41) is 11.1. The Hall–Kier alpha value is -3.17. The van der Waals surface area contributed by atoms with Gasteiger partial charge >= 0.3 is 6.09 Å². The van der Waals surface area contributed by atoms with Gasteiger partial charge in [0, 0.05) is 37.8 Å². The Bertz CT molecular complexity index is 1380. The molecule has 1 atom stereocenters. The number of carbonyl (C=O) groups is 2. The molecule has 0 unspecified atom stereocenters. The van der Waals surface area contributed by atoms with Gasteiger partial charge in [-0.3, -0.25) is 4.79 Å². The number of phenolic OH excluding ortho intramolecular Hbond substituents is 1. The van der Waals surface area contributed by atoms with Crippen LogP contribution in [0.25, 0.3) is 22.2 Å². The average molecular weight is 533 g/mol. The summed E-state index contributed by atoms with van der Waals surface area (Å²) >= 11 is 13.3. The molecule has 2 aliphatic heterocycles. The second-order valence-corrected chi connectivity index (χ2v) is 10.8. The van der Waals surface area contributed by atoms with Crippen molar-refractivity contribution >= 4 is 46.2 Å². The van der Waals surface area contributed by atoms with E-state index >= 15 is 0 Å². The minimum absolute atomic E-state index is 0.0679. The van der Waals surface area contributed by atoms with Gasteiger partial charge in [-0.25, -0.2) is 9.78 Å². The van der Waals surface area contributed by atoms with Crippen molar-refractivity contribution in [1.29, 1.82) is 0 Å². The highest BCUT2D eigenvalue weighted by atomic mass is 35.5. The van der Waals surface area contributed by atoms with Crippen LogP contribution in [0.4, 0.5) is 4.79 Å². The number of carbonyl (C=O) groups excluding carboxylic acids is 2. The molecule has 5 rings (SSSR count). The fourth-order valence-corrected chi connectivity index (χ4v) is 5.34. The number of phenols is 1. The molecule has 1 fully saturated rings. The number of halogens is 2. The van der Waals surface area contributed by atoms with E-state index in [1.165, 1.54) is 6.07 Å².